The van der Waals surface area contributed by atoms with Crippen LogP contribution in [0.25, 0.3) is 0 Å². The summed E-state index contributed by atoms with van der Waals surface area (Å²) in [5.74, 6) is -0.261. The molecular weight excluding hydrogens is 167 g/mol. The summed E-state index contributed by atoms with van der Waals surface area (Å²) in [5.41, 5.74) is 7.51. The van der Waals surface area contributed by atoms with E-state index in [0.29, 0.717) is 19.5 Å². The Bertz CT molecular complexity index is 94.6. The van der Waals surface area contributed by atoms with Crippen LogP contribution in [0.15, 0.2) is 0 Å². The number of hydrogen-bond acceptors (Lipinski definition) is 4. The number of hydrogen-bond donors (Lipinski definition) is 2. The topological polar surface area (TPSA) is 64.3 Å². The minimum absolute atomic E-state index is 0. The molecule has 0 saturated carbocycles. The van der Waals surface area contributed by atoms with Gasteiger partial charge in [0.25, 0.3) is 0 Å². The first-order chi connectivity index (χ1) is 4.31. The van der Waals surface area contributed by atoms with Gasteiger partial charge in [-0.15, -0.1) is 0 Å². The Morgan fingerprint density at radius 3 is 2.55 bits per heavy atom. The Kier molecular flexibility index (Phi) is 22.5. The van der Waals surface area contributed by atoms with Gasteiger partial charge in [-0.05, 0) is 0 Å². The summed E-state index contributed by atoms with van der Waals surface area (Å²) in [5, 5.41) is 0. The van der Waals surface area contributed by atoms with Crippen LogP contribution in [0.3, 0.4) is 0 Å². The van der Waals surface area contributed by atoms with Crippen molar-refractivity contribution in [1.82, 2.24) is 5.48 Å². The van der Waals surface area contributed by atoms with Gasteiger partial charge in [0.15, 0.2) is 0 Å². The molecule has 0 aromatic rings. The van der Waals surface area contributed by atoms with E-state index in [9.17, 15) is 4.79 Å². The van der Waals surface area contributed by atoms with Crippen LogP contribution in [-0.2, 0) is 9.63 Å². The predicted octanol–water partition coefficient (Wildman–Crippen LogP) is -2.16. The van der Waals surface area contributed by atoms with Crippen LogP contribution in [0, 0.1) is 0 Å². The van der Waals surface area contributed by atoms with Crippen molar-refractivity contribution >= 4 is 58.6 Å². The van der Waals surface area contributed by atoms with E-state index < -0.39 is 0 Å². The molecule has 0 radical (unpaired) electrons. The molecule has 11 heavy (non-hydrogen) atoms. The summed E-state index contributed by atoms with van der Waals surface area (Å²) >= 11 is 0. The summed E-state index contributed by atoms with van der Waals surface area (Å²) in [6.45, 7) is 2.70. The fourth-order valence-electron chi connectivity index (χ4n) is 0.263. The second-order valence-corrected chi connectivity index (χ2v) is 1.51. The standard InChI is InChI=1S/C5H12N2O2.Mg.Na.3H/c1-2-5(8)9-7-4-3-6;;;;;/h7H,2-4,6H2,1H3;;;;;. The van der Waals surface area contributed by atoms with Crippen molar-refractivity contribution in [3.8, 4) is 0 Å². The van der Waals surface area contributed by atoms with Crippen LogP contribution in [0.5, 0.6) is 0 Å². The van der Waals surface area contributed by atoms with Gasteiger partial charge >= 0.3 is 58.6 Å². The number of carbonyl (C=O) groups is 1. The Labute approximate surface area is 105 Å². The number of rotatable bonds is 4. The molecule has 4 nitrogen and oxygen atoms in total. The molecule has 0 spiro atoms. The minimum atomic E-state index is -0.261. The Morgan fingerprint density at radius 2 is 2.18 bits per heavy atom. The fourth-order valence-corrected chi connectivity index (χ4v) is 0.263. The zero-order chi connectivity index (χ0) is 7.11. The third-order valence-electron chi connectivity index (χ3n) is 0.721. The molecule has 6 heteroatoms. The van der Waals surface area contributed by atoms with Crippen molar-refractivity contribution in [2.75, 3.05) is 13.1 Å². The molecule has 0 aromatic carbocycles. The van der Waals surface area contributed by atoms with Crippen LogP contribution in [0.1, 0.15) is 13.3 Å². The van der Waals surface area contributed by atoms with E-state index in [1.165, 1.54) is 0 Å². The van der Waals surface area contributed by atoms with Crippen LogP contribution >= 0.6 is 0 Å². The van der Waals surface area contributed by atoms with Crippen molar-refractivity contribution in [3.63, 3.8) is 0 Å². The number of nitrogens with two attached hydrogens (primary N) is 1. The second kappa shape index (κ2) is 13.7. The van der Waals surface area contributed by atoms with Gasteiger partial charge < -0.3 is 10.6 Å². The quantitative estimate of drug-likeness (QED) is 0.295. The first-order valence-corrected chi connectivity index (χ1v) is 2.93. The zero-order valence-corrected chi connectivity index (χ0v) is 5.52. The van der Waals surface area contributed by atoms with Gasteiger partial charge in [0, 0.05) is 19.5 Å². The molecule has 0 aromatic heterocycles. The third kappa shape index (κ3) is 14.1. The van der Waals surface area contributed by atoms with Gasteiger partial charge in [-0.1, -0.05) is 6.92 Å². The maximum atomic E-state index is 10.4. The van der Waals surface area contributed by atoms with Gasteiger partial charge in [-0.2, -0.15) is 5.48 Å². The van der Waals surface area contributed by atoms with E-state index in [4.69, 9.17) is 5.73 Å². The summed E-state index contributed by atoms with van der Waals surface area (Å²) in [4.78, 5) is 14.8. The first kappa shape index (κ1) is 18.0. The molecule has 60 valence electrons. The number of carbonyl (C=O) groups excluding carboxylic acids is 1. The molecule has 0 bridgehead atoms. The average molecular weight is 182 g/mol. The fraction of sp³-hybridized carbons (Fsp3) is 0.800. The molecular formula is C5H15MgN2NaO2. The maximum absolute atomic E-state index is 10.4. The van der Waals surface area contributed by atoms with E-state index in [0.717, 1.165) is 0 Å². The third-order valence-corrected chi connectivity index (χ3v) is 0.721. The number of nitrogens with one attached hydrogen (secondary N) is 1. The Hall–Kier alpha value is 1.16. The molecule has 0 heterocycles. The average Bonchev–Trinajstić information content (AvgIpc) is 1.89. The van der Waals surface area contributed by atoms with E-state index in [-0.39, 0.29) is 58.6 Å². The monoisotopic (exact) mass is 182 g/mol. The van der Waals surface area contributed by atoms with Crippen molar-refractivity contribution in [1.29, 1.82) is 0 Å². The molecule has 0 amide bonds. The molecule has 0 atom stereocenters. The summed E-state index contributed by atoms with van der Waals surface area (Å²) in [7, 11) is 0. The van der Waals surface area contributed by atoms with E-state index >= 15 is 0 Å². The van der Waals surface area contributed by atoms with Crippen LogP contribution in [0.2, 0.25) is 0 Å². The van der Waals surface area contributed by atoms with Crippen LogP contribution < -0.4 is 11.2 Å². The molecule has 0 saturated heterocycles. The molecule has 3 N–H and O–H groups in total. The SMILES string of the molecule is CCC(=O)ONCCN.[MgH2].[NaH]. The van der Waals surface area contributed by atoms with E-state index in [2.05, 4.69) is 10.3 Å². The molecule has 0 aliphatic rings. The van der Waals surface area contributed by atoms with E-state index in [1.54, 1.807) is 6.92 Å². The summed E-state index contributed by atoms with van der Waals surface area (Å²) in [6.07, 6.45) is 0.386. The zero-order valence-electron chi connectivity index (χ0n) is 5.52. The Balaban J connectivity index is -0.000000320. The van der Waals surface area contributed by atoms with Gasteiger partial charge in [-0.25, -0.2) is 0 Å². The number of hydroxylamine groups is 1. The van der Waals surface area contributed by atoms with E-state index in [1.807, 2.05) is 0 Å². The predicted molar refractivity (Wildman–Crippen MR) is 49.1 cm³/mol. The van der Waals surface area contributed by atoms with Gasteiger partial charge in [0.05, 0.1) is 0 Å². The van der Waals surface area contributed by atoms with Crippen molar-refractivity contribution in [2.24, 2.45) is 5.73 Å². The van der Waals surface area contributed by atoms with Crippen molar-refractivity contribution in [2.45, 2.75) is 13.3 Å². The molecule has 0 aliphatic heterocycles. The van der Waals surface area contributed by atoms with Gasteiger partial charge in [0.2, 0.25) is 0 Å². The Morgan fingerprint density at radius 1 is 1.64 bits per heavy atom. The van der Waals surface area contributed by atoms with Gasteiger partial charge in [0.1, 0.15) is 0 Å². The second-order valence-electron chi connectivity index (χ2n) is 1.51. The summed E-state index contributed by atoms with van der Waals surface area (Å²) in [6, 6.07) is 0. The molecule has 0 rings (SSSR count). The molecule has 0 fully saturated rings. The van der Waals surface area contributed by atoms with Crippen molar-refractivity contribution < 1.29 is 9.63 Å². The van der Waals surface area contributed by atoms with Gasteiger partial charge in [-0.3, -0.25) is 4.79 Å². The van der Waals surface area contributed by atoms with Crippen molar-refractivity contribution in [3.05, 3.63) is 0 Å². The van der Waals surface area contributed by atoms with Crippen LogP contribution in [-0.4, -0.2) is 71.7 Å². The summed E-state index contributed by atoms with van der Waals surface area (Å²) < 4.78 is 0. The molecule has 0 aliphatic carbocycles. The molecule has 0 unspecified atom stereocenters. The van der Waals surface area contributed by atoms with Crippen LogP contribution in [0.4, 0.5) is 0 Å². The first-order valence-electron chi connectivity index (χ1n) is 2.93. The normalized spacial score (nSPS) is 7.45.